The summed E-state index contributed by atoms with van der Waals surface area (Å²) < 4.78 is 0. The van der Waals surface area contributed by atoms with E-state index in [2.05, 4.69) is 6.92 Å². The summed E-state index contributed by atoms with van der Waals surface area (Å²) in [5.41, 5.74) is 5.38. The maximum atomic E-state index is 11.1. The van der Waals surface area contributed by atoms with Gasteiger partial charge in [0.1, 0.15) is 0 Å². The first kappa shape index (κ1) is 18.5. The normalized spacial score (nSPS) is 22.3. The molecule has 1 aliphatic rings. The lowest BCUT2D eigenvalue weighted by atomic mass is 9.79. The molecule has 1 amide bonds. The third kappa shape index (κ3) is 9.16. The number of carbonyl (C=O) groups excluding carboxylic acids is 1. The van der Waals surface area contributed by atoms with Gasteiger partial charge in [-0.05, 0) is 31.6 Å². The summed E-state index contributed by atoms with van der Waals surface area (Å²) in [6.07, 6.45) is 20.1. The summed E-state index contributed by atoms with van der Waals surface area (Å²) in [5.74, 6) is 0.969. The second-order valence-electron chi connectivity index (χ2n) is 7.09. The molecule has 21 heavy (non-hydrogen) atoms. The van der Waals surface area contributed by atoms with E-state index in [1.807, 2.05) is 0 Å². The first-order chi connectivity index (χ1) is 10.2. The third-order valence-electron chi connectivity index (χ3n) is 5.22. The largest absolute Gasteiger partial charge is 0.369 e. The Bertz CT molecular complexity index is 256. The molecule has 0 aromatic heterocycles. The van der Waals surface area contributed by atoms with Crippen LogP contribution in [0.1, 0.15) is 103 Å². The molecule has 0 bridgehead atoms. The van der Waals surface area contributed by atoms with Gasteiger partial charge in [0.05, 0.1) is 0 Å². The van der Waals surface area contributed by atoms with E-state index < -0.39 is 0 Å². The van der Waals surface area contributed by atoms with E-state index in [0.717, 1.165) is 18.8 Å². The van der Waals surface area contributed by atoms with Crippen LogP contribution in [0.5, 0.6) is 0 Å². The maximum Gasteiger partial charge on any atom is 0.220 e. The Morgan fingerprint density at radius 3 is 1.76 bits per heavy atom. The molecule has 0 unspecified atom stereocenters. The second kappa shape index (κ2) is 12.1. The minimum absolute atomic E-state index is 0.0765. The fourth-order valence-electron chi connectivity index (χ4n) is 3.66. The molecule has 1 aliphatic carbocycles. The fourth-order valence-corrected chi connectivity index (χ4v) is 3.66. The highest BCUT2D eigenvalue weighted by atomic mass is 16.1. The topological polar surface area (TPSA) is 43.1 Å². The first-order valence-corrected chi connectivity index (χ1v) is 9.53. The number of carbonyl (C=O) groups is 1. The molecule has 124 valence electrons. The Morgan fingerprint density at radius 1 is 0.810 bits per heavy atom. The van der Waals surface area contributed by atoms with Crippen molar-refractivity contribution in [2.45, 2.75) is 103 Å². The molecular formula is C19H37NO. The molecule has 0 spiro atoms. The molecule has 2 nitrogen and oxygen atoms in total. The number of hydrogen-bond acceptors (Lipinski definition) is 1. The van der Waals surface area contributed by atoms with Crippen LogP contribution in [0, 0.1) is 11.8 Å². The standard InChI is InChI=1S/C19H37NO/c1-2-3-4-5-6-7-8-9-10-11-12-17-13-15-18(16-14-17)19(20)21/h17-18H,2-16H2,1H3,(H2,20,21). The summed E-state index contributed by atoms with van der Waals surface area (Å²) in [4.78, 5) is 11.1. The van der Waals surface area contributed by atoms with E-state index >= 15 is 0 Å². The van der Waals surface area contributed by atoms with E-state index in [1.54, 1.807) is 0 Å². The van der Waals surface area contributed by atoms with Crippen molar-refractivity contribution in [1.29, 1.82) is 0 Å². The van der Waals surface area contributed by atoms with Gasteiger partial charge in [-0.15, -0.1) is 0 Å². The highest BCUT2D eigenvalue weighted by Crippen LogP contribution is 2.31. The fraction of sp³-hybridized carbons (Fsp3) is 0.947. The average molecular weight is 296 g/mol. The number of amides is 1. The van der Waals surface area contributed by atoms with E-state index in [4.69, 9.17) is 5.73 Å². The lowest BCUT2D eigenvalue weighted by Crippen LogP contribution is -2.27. The molecule has 0 aromatic rings. The van der Waals surface area contributed by atoms with Gasteiger partial charge < -0.3 is 5.73 Å². The Morgan fingerprint density at radius 2 is 1.29 bits per heavy atom. The van der Waals surface area contributed by atoms with Crippen molar-refractivity contribution in [1.82, 2.24) is 0 Å². The monoisotopic (exact) mass is 295 g/mol. The van der Waals surface area contributed by atoms with Crippen LogP contribution in [0.25, 0.3) is 0 Å². The molecule has 2 N–H and O–H groups in total. The lowest BCUT2D eigenvalue weighted by Gasteiger charge is -2.26. The molecule has 0 radical (unpaired) electrons. The van der Waals surface area contributed by atoms with Gasteiger partial charge in [0.15, 0.2) is 0 Å². The van der Waals surface area contributed by atoms with Crippen LogP contribution >= 0.6 is 0 Å². The Balaban J connectivity index is 1.84. The van der Waals surface area contributed by atoms with Crippen molar-refractivity contribution in [3.63, 3.8) is 0 Å². The summed E-state index contributed by atoms with van der Waals surface area (Å²) in [5, 5.41) is 0. The average Bonchev–Trinajstić information content (AvgIpc) is 2.49. The number of hydrogen-bond donors (Lipinski definition) is 1. The maximum absolute atomic E-state index is 11.1. The quantitative estimate of drug-likeness (QED) is 0.469. The zero-order chi connectivity index (χ0) is 15.3. The highest BCUT2D eigenvalue weighted by Gasteiger charge is 2.23. The van der Waals surface area contributed by atoms with Gasteiger partial charge in [0, 0.05) is 5.92 Å². The molecular weight excluding hydrogens is 258 g/mol. The zero-order valence-electron chi connectivity index (χ0n) is 14.2. The lowest BCUT2D eigenvalue weighted by molar-refractivity contribution is -0.122. The van der Waals surface area contributed by atoms with Gasteiger partial charge in [-0.25, -0.2) is 0 Å². The number of rotatable bonds is 12. The van der Waals surface area contributed by atoms with Crippen LogP contribution in [0.4, 0.5) is 0 Å². The Hall–Kier alpha value is -0.530. The van der Waals surface area contributed by atoms with Crippen LogP contribution in [-0.2, 0) is 4.79 Å². The number of unbranched alkanes of at least 4 members (excludes halogenated alkanes) is 9. The van der Waals surface area contributed by atoms with Crippen molar-refractivity contribution < 1.29 is 4.79 Å². The van der Waals surface area contributed by atoms with E-state index in [1.165, 1.54) is 83.5 Å². The van der Waals surface area contributed by atoms with Crippen molar-refractivity contribution >= 4 is 5.91 Å². The molecule has 2 heteroatoms. The van der Waals surface area contributed by atoms with E-state index in [0.29, 0.717) is 0 Å². The minimum atomic E-state index is -0.0765. The van der Waals surface area contributed by atoms with Gasteiger partial charge in [0.2, 0.25) is 5.91 Å². The molecule has 0 heterocycles. The van der Waals surface area contributed by atoms with Gasteiger partial charge in [-0.2, -0.15) is 0 Å². The predicted octanol–water partition coefficient (Wildman–Crippen LogP) is 5.59. The SMILES string of the molecule is CCCCCCCCCCCCC1CCC(C(N)=O)CC1. The summed E-state index contributed by atoms with van der Waals surface area (Å²) in [6.45, 7) is 2.28. The first-order valence-electron chi connectivity index (χ1n) is 9.53. The van der Waals surface area contributed by atoms with Crippen molar-refractivity contribution in [3.8, 4) is 0 Å². The van der Waals surface area contributed by atoms with Crippen LogP contribution in [0.15, 0.2) is 0 Å². The molecule has 0 saturated heterocycles. The molecule has 1 rings (SSSR count). The van der Waals surface area contributed by atoms with E-state index in [-0.39, 0.29) is 11.8 Å². The molecule has 0 atom stereocenters. The smallest absolute Gasteiger partial charge is 0.220 e. The minimum Gasteiger partial charge on any atom is -0.369 e. The zero-order valence-corrected chi connectivity index (χ0v) is 14.2. The molecule has 0 aromatic carbocycles. The number of nitrogens with two attached hydrogens (primary N) is 1. The Labute approximate surface area is 132 Å². The second-order valence-corrected chi connectivity index (χ2v) is 7.09. The van der Waals surface area contributed by atoms with Crippen LogP contribution < -0.4 is 5.73 Å². The van der Waals surface area contributed by atoms with Crippen LogP contribution in [-0.4, -0.2) is 5.91 Å². The molecule has 1 saturated carbocycles. The summed E-state index contributed by atoms with van der Waals surface area (Å²) in [7, 11) is 0. The third-order valence-corrected chi connectivity index (χ3v) is 5.22. The highest BCUT2D eigenvalue weighted by molar-refractivity contribution is 5.76. The van der Waals surface area contributed by atoms with Gasteiger partial charge in [0.25, 0.3) is 0 Å². The number of primary amides is 1. The van der Waals surface area contributed by atoms with Crippen molar-refractivity contribution in [3.05, 3.63) is 0 Å². The Kier molecular flexibility index (Phi) is 10.6. The predicted molar refractivity (Wildman–Crippen MR) is 91.1 cm³/mol. The summed E-state index contributed by atoms with van der Waals surface area (Å²) in [6, 6.07) is 0. The van der Waals surface area contributed by atoms with Crippen LogP contribution in [0.3, 0.4) is 0 Å². The molecule has 0 aliphatic heterocycles. The van der Waals surface area contributed by atoms with Gasteiger partial charge >= 0.3 is 0 Å². The van der Waals surface area contributed by atoms with Gasteiger partial charge in [-0.1, -0.05) is 77.6 Å². The van der Waals surface area contributed by atoms with Crippen molar-refractivity contribution in [2.24, 2.45) is 17.6 Å². The summed E-state index contributed by atoms with van der Waals surface area (Å²) >= 11 is 0. The van der Waals surface area contributed by atoms with Crippen LogP contribution in [0.2, 0.25) is 0 Å². The van der Waals surface area contributed by atoms with E-state index in [9.17, 15) is 4.79 Å². The van der Waals surface area contributed by atoms with Crippen molar-refractivity contribution in [2.75, 3.05) is 0 Å². The van der Waals surface area contributed by atoms with Gasteiger partial charge in [-0.3, -0.25) is 4.79 Å². The molecule has 1 fully saturated rings.